The Hall–Kier alpha value is -1.11. The van der Waals surface area contributed by atoms with Crippen LogP contribution in [0, 0.1) is 0 Å². The molecular weight excluding hydrogens is 292 g/mol. The second-order valence-corrected chi connectivity index (χ2v) is 5.20. The number of hydrogen-bond acceptors (Lipinski definition) is 4. The quantitative estimate of drug-likeness (QED) is 0.396. The first-order chi connectivity index (χ1) is 7.75. The van der Waals surface area contributed by atoms with Crippen LogP contribution in [-0.4, -0.2) is 35.4 Å². The molecule has 1 heterocycles. The molecule has 0 amide bonds. The van der Waals surface area contributed by atoms with Crippen molar-refractivity contribution in [3.63, 3.8) is 0 Å². The van der Waals surface area contributed by atoms with E-state index >= 15 is 0 Å². The van der Waals surface area contributed by atoms with Crippen molar-refractivity contribution in [2.75, 3.05) is 0 Å². The molecule has 0 aliphatic heterocycles. The minimum absolute atomic E-state index is 0.375. The number of carboxylic acids is 1. The van der Waals surface area contributed by atoms with E-state index in [1.165, 1.54) is 0 Å². The highest BCUT2D eigenvalue weighted by atomic mass is 35.6. The van der Waals surface area contributed by atoms with Gasteiger partial charge in [-0.15, -0.1) is 0 Å². The van der Waals surface area contributed by atoms with Gasteiger partial charge in [0.1, 0.15) is 23.9 Å². The molecule has 92 valence electrons. The summed E-state index contributed by atoms with van der Waals surface area (Å²) in [5, 5.41) is 12.6. The Morgan fingerprint density at radius 1 is 1.35 bits per heavy atom. The molecular formula is C8H6Cl3N3O3. The average Bonchev–Trinajstić information content (AvgIpc) is 2.62. The van der Waals surface area contributed by atoms with Gasteiger partial charge in [0.2, 0.25) is 3.79 Å². The molecule has 1 rings (SSSR count). The molecule has 6 nitrogen and oxygen atoms in total. The zero-order chi connectivity index (χ0) is 13.2. The molecule has 1 aromatic rings. The van der Waals surface area contributed by atoms with E-state index in [-0.39, 0.29) is 5.70 Å². The van der Waals surface area contributed by atoms with Gasteiger partial charge < -0.3 is 5.11 Å². The van der Waals surface area contributed by atoms with Gasteiger partial charge in [-0.1, -0.05) is 34.8 Å². The number of nitrogens with zero attached hydrogens (tertiary/aromatic N) is 3. The van der Waals surface area contributed by atoms with Crippen molar-refractivity contribution in [3.8, 4) is 0 Å². The van der Waals surface area contributed by atoms with Crippen LogP contribution >= 0.6 is 34.8 Å². The molecule has 0 fully saturated rings. The third-order valence-electron chi connectivity index (χ3n) is 1.72. The zero-order valence-electron chi connectivity index (χ0n) is 8.39. The lowest BCUT2D eigenvalue weighted by Crippen LogP contribution is -2.23. The predicted octanol–water partition coefficient (Wildman–Crippen LogP) is 1.53. The average molecular weight is 299 g/mol. The van der Waals surface area contributed by atoms with Crippen molar-refractivity contribution in [2.45, 2.75) is 10.7 Å². The summed E-state index contributed by atoms with van der Waals surface area (Å²) in [7, 11) is 0. The predicted molar refractivity (Wildman–Crippen MR) is 61.8 cm³/mol. The fraction of sp³-hybridized carbons (Fsp3) is 0.250. The lowest BCUT2D eigenvalue weighted by Gasteiger charge is -2.17. The van der Waals surface area contributed by atoms with Gasteiger partial charge in [0.05, 0.1) is 0 Å². The molecule has 1 N–H and O–H groups in total. The second-order valence-electron chi connectivity index (χ2n) is 2.92. The van der Waals surface area contributed by atoms with Crippen LogP contribution in [0.5, 0.6) is 0 Å². The molecule has 0 unspecified atom stereocenters. The second kappa shape index (κ2) is 5.03. The maximum absolute atomic E-state index is 11.3. The first-order valence-electron chi connectivity index (χ1n) is 4.16. The number of halogens is 3. The Labute approximate surface area is 111 Å². The van der Waals surface area contributed by atoms with Crippen LogP contribution < -0.4 is 0 Å². The van der Waals surface area contributed by atoms with Gasteiger partial charge in [-0.2, -0.15) is 5.10 Å². The Morgan fingerprint density at radius 3 is 2.24 bits per heavy atom. The minimum atomic E-state index is -2.12. The molecule has 0 atom stereocenters. The molecule has 0 saturated heterocycles. The first kappa shape index (κ1) is 14.0. The SMILES string of the molecule is CC(=O)C(C(=O)O)=C(n1cncn1)C(Cl)(Cl)Cl. The standard InChI is InChI=1S/C8H6Cl3N3O3/c1-4(15)5(7(16)17)6(8(9,10)11)14-3-12-2-13-14/h2-3H,1H3,(H,16,17). The van der Waals surface area contributed by atoms with Crippen LogP contribution in [0.4, 0.5) is 0 Å². The summed E-state index contributed by atoms with van der Waals surface area (Å²) in [6, 6.07) is 0. The van der Waals surface area contributed by atoms with Crippen LogP contribution in [0.15, 0.2) is 18.2 Å². The summed E-state index contributed by atoms with van der Waals surface area (Å²) in [5.74, 6) is -2.26. The number of Topliss-reactive ketones (excluding diaryl/α,β-unsaturated/α-hetero) is 1. The maximum atomic E-state index is 11.3. The number of aliphatic carboxylic acids is 1. The summed E-state index contributed by atoms with van der Waals surface area (Å²) < 4.78 is -1.19. The topological polar surface area (TPSA) is 85.1 Å². The Morgan fingerprint density at radius 2 is 1.94 bits per heavy atom. The normalized spacial score (nSPS) is 13.2. The number of alkyl halides is 3. The van der Waals surface area contributed by atoms with E-state index in [9.17, 15) is 9.59 Å². The summed E-state index contributed by atoms with van der Waals surface area (Å²) >= 11 is 16.9. The maximum Gasteiger partial charge on any atom is 0.341 e. The van der Waals surface area contributed by atoms with Crippen molar-refractivity contribution < 1.29 is 14.7 Å². The molecule has 9 heteroatoms. The van der Waals surface area contributed by atoms with Gasteiger partial charge >= 0.3 is 5.97 Å². The third-order valence-corrected chi connectivity index (χ3v) is 2.26. The summed E-state index contributed by atoms with van der Waals surface area (Å²) in [4.78, 5) is 25.9. The number of carbonyl (C=O) groups is 2. The van der Waals surface area contributed by atoms with Crippen LogP contribution in [0.25, 0.3) is 5.70 Å². The van der Waals surface area contributed by atoms with Crippen LogP contribution in [0.3, 0.4) is 0 Å². The molecule has 0 aromatic carbocycles. The number of allylic oxidation sites excluding steroid dienone is 1. The van der Waals surface area contributed by atoms with Crippen molar-refractivity contribution in [2.24, 2.45) is 0 Å². The number of carboxylic acid groups (broad SMARTS) is 1. The lowest BCUT2D eigenvalue weighted by atomic mass is 10.1. The van der Waals surface area contributed by atoms with Crippen LogP contribution in [0.1, 0.15) is 6.92 Å². The molecule has 0 saturated carbocycles. The molecule has 0 radical (unpaired) electrons. The summed E-state index contributed by atoms with van der Waals surface area (Å²) in [6.07, 6.45) is 2.25. The van der Waals surface area contributed by atoms with E-state index in [4.69, 9.17) is 39.9 Å². The summed E-state index contributed by atoms with van der Waals surface area (Å²) in [6.45, 7) is 1.05. The number of aromatic nitrogens is 3. The fourth-order valence-corrected chi connectivity index (χ4v) is 1.67. The van der Waals surface area contributed by atoms with E-state index in [2.05, 4.69) is 10.1 Å². The number of carbonyl (C=O) groups excluding carboxylic acids is 1. The van der Waals surface area contributed by atoms with E-state index in [1.807, 2.05) is 0 Å². The van der Waals surface area contributed by atoms with Gasteiger partial charge in [0, 0.05) is 0 Å². The third kappa shape index (κ3) is 3.18. The Balaban J connectivity index is 3.57. The molecule has 0 aliphatic rings. The van der Waals surface area contributed by atoms with Gasteiger partial charge in [-0.25, -0.2) is 14.5 Å². The number of rotatable bonds is 3. The summed E-state index contributed by atoms with van der Waals surface area (Å²) in [5.41, 5.74) is -1.03. The lowest BCUT2D eigenvalue weighted by molar-refractivity contribution is -0.134. The number of hydrogen-bond donors (Lipinski definition) is 1. The van der Waals surface area contributed by atoms with Gasteiger partial charge in [-0.05, 0) is 6.92 Å². The van der Waals surface area contributed by atoms with E-state index in [0.717, 1.165) is 24.3 Å². The molecule has 0 spiro atoms. The molecule has 0 aliphatic carbocycles. The van der Waals surface area contributed by atoms with Gasteiger partial charge in [-0.3, -0.25) is 4.79 Å². The molecule has 17 heavy (non-hydrogen) atoms. The van der Waals surface area contributed by atoms with Crippen molar-refractivity contribution in [1.29, 1.82) is 0 Å². The van der Waals surface area contributed by atoms with Crippen LogP contribution in [-0.2, 0) is 9.59 Å². The van der Waals surface area contributed by atoms with Gasteiger partial charge in [0.25, 0.3) is 0 Å². The number of ketones is 1. The Bertz CT molecular complexity index is 460. The zero-order valence-corrected chi connectivity index (χ0v) is 10.7. The highest BCUT2D eigenvalue weighted by Crippen LogP contribution is 2.39. The monoisotopic (exact) mass is 297 g/mol. The van der Waals surface area contributed by atoms with Gasteiger partial charge in [0.15, 0.2) is 5.78 Å². The van der Waals surface area contributed by atoms with Crippen molar-refractivity contribution >= 4 is 52.3 Å². The fourth-order valence-electron chi connectivity index (χ4n) is 1.13. The van der Waals surface area contributed by atoms with E-state index in [0.29, 0.717) is 0 Å². The minimum Gasteiger partial charge on any atom is -0.477 e. The Kier molecular flexibility index (Phi) is 4.13. The highest BCUT2D eigenvalue weighted by molar-refractivity contribution is 6.72. The first-order valence-corrected chi connectivity index (χ1v) is 5.29. The molecule has 1 aromatic heterocycles. The van der Waals surface area contributed by atoms with Crippen molar-refractivity contribution in [1.82, 2.24) is 14.8 Å². The van der Waals surface area contributed by atoms with Crippen molar-refractivity contribution in [3.05, 3.63) is 18.2 Å². The van der Waals surface area contributed by atoms with Crippen LogP contribution in [0.2, 0.25) is 0 Å². The smallest absolute Gasteiger partial charge is 0.341 e. The highest BCUT2D eigenvalue weighted by Gasteiger charge is 2.36. The largest absolute Gasteiger partial charge is 0.477 e. The van der Waals surface area contributed by atoms with E-state index < -0.39 is 21.1 Å². The van der Waals surface area contributed by atoms with E-state index in [1.54, 1.807) is 0 Å². The molecule has 0 bridgehead atoms.